The molecule has 0 spiro atoms. The Morgan fingerprint density at radius 1 is 1.56 bits per heavy atom. The van der Waals surface area contributed by atoms with E-state index in [1.165, 1.54) is 17.4 Å². The number of carboxylic acids is 1. The van der Waals surface area contributed by atoms with Crippen LogP contribution in [0.25, 0.3) is 6.08 Å². The van der Waals surface area contributed by atoms with E-state index >= 15 is 0 Å². The van der Waals surface area contributed by atoms with Crippen LogP contribution in [0.3, 0.4) is 0 Å². The summed E-state index contributed by atoms with van der Waals surface area (Å²) in [7, 11) is 0. The van der Waals surface area contributed by atoms with Gasteiger partial charge in [0, 0.05) is 19.2 Å². The van der Waals surface area contributed by atoms with Gasteiger partial charge in [0.25, 0.3) is 5.91 Å². The lowest BCUT2D eigenvalue weighted by atomic mass is 10.2. The summed E-state index contributed by atoms with van der Waals surface area (Å²) in [5.74, 6) is -0.444. The van der Waals surface area contributed by atoms with Crippen molar-refractivity contribution in [1.29, 1.82) is 0 Å². The van der Waals surface area contributed by atoms with E-state index in [2.05, 4.69) is 6.92 Å². The van der Waals surface area contributed by atoms with E-state index in [0.29, 0.717) is 16.4 Å². The molecule has 0 radical (unpaired) electrons. The number of carbonyl (C=O) groups excluding carboxylic acids is 1. The number of carbonyl (C=O) groups is 2. The first kappa shape index (κ1) is 12.8. The number of hydrogen-bond donors (Lipinski definition) is 1. The van der Waals surface area contributed by atoms with E-state index in [1.807, 2.05) is 10.3 Å². The second-order valence-electron chi connectivity index (χ2n) is 4.52. The Hall–Kier alpha value is -1.62. The van der Waals surface area contributed by atoms with Gasteiger partial charge in [0.2, 0.25) is 0 Å². The van der Waals surface area contributed by atoms with Crippen molar-refractivity contribution in [1.82, 2.24) is 4.90 Å². The van der Waals surface area contributed by atoms with Gasteiger partial charge in [-0.2, -0.15) is 0 Å². The summed E-state index contributed by atoms with van der Waals surface area (Å²) < 4.78 is 0. The van der Waals surface area contributed by atoms with Crippen LogP contribution in [-0.2, 0) is 4.79 Å². The van der Waals surface area contributed by atoms with E-state index in [0.717, 1.165) is 25.6 Å². The molecular formula is C13H15NO3S. The average Bonchev–Trinajstić information content (AvgIpc) is 2.93. The first-order valence-corrected chi connectivity index (χ1v) is 6.73. The van der Waals surface area contributed by atoms with Gasteiger partial charge in [0.15, 0.2) is 0 Å². The highest BCUT2D eigenvalue weighted by Crippen LogP contribution is 2.24. The molecule has 1 fully saturated rings. The van der Waals surface area contributed by atoms with Crippen LogP contribution in [0.4, 0.5) is 0 Å². The van der Waals surface area contributed by atoms with Gasteiger partial charge in [-0.25, -0.2) is 4.79 Å². The summed E-state index contributed by atoms with van der Waals surface area (Å²) in [4.78, 5) is 25.2. The Morgan fingerprint density at radius 2 is 2.33 bits per heavy atom. The molecule has 18 heavy (non-hydrogen) atoms. The average molecular weight is 265 g/mol. The highest BCUT2D eigenvalue weighted by Gasteiger charge is 2.25. The fourth-order valence-electron chi connectivity index (χ4n) is 2.05. The first-order valence-electron chi connectivity index (χ1n) is 5.85. The van der Waals surface area contributed by atoms with Crippen LogP contribution < -0.4 is 0 Å². The third-order valence-electron chi connectivity index (χ3n) is 3.01. The maximum atomic E-state index is 12.3. The molecule has 5 heteroatoms. The number of aliphatic carboxylic acids is 1. The fraction of sp³-hybridized carbons (Fsp3) is 0.385. The van der Waals surface area contributed by atoms with Crippen LogP contribution in [-0.4, -0.2) is 35.0 Å². The van der Waals surface area contributed by atoms with Crippen molar-refractivity contribution in [3.63, 3.8) is 0 Å². The maximum Gasteiger partial charge on any atom is 0.328 e. The van der Waals surface area contributed by atoms with E-state index in [4.69, 9.17) is 5.11 Å². The van der Waals surface area contributed by atoms with Crippen molar-refractivity contribution in [3.05, 3.63) is 28.0 Å². The minimum Gasteiger partial charge on any atom is -0.478 e. The van der Waals surface area contributed by atoms with E-state index in [9.17, 15) is 9.59 Å². The van der Waals surface area contributed by atoms with Crippen LogP contribution in [0, 0.1) is 5.92 Å². The molecule has 0 aliphatic carbocycles. The Bertz CT molecular complexity index is 492. The third-order valence-corrected chi connectivity index (χ3v) is 3.92. The van der Waals surface area contributed by atoms with Gasteiger partial charge in [0.1, 0.15) is 0 Å². The van der Waals surface area contributed by atoms with Crippen LogP contribution in [0.5, 0.6) is 0 Å². The Labute approximate surface area is 110 Å². The molecule has 1 aliphatic rings. The number of amides is 1. The molecule has 2 rings (SSSR count). The first-order chi connectivity index (χ1) is 8.58. The summed E-state index contributed by atoms with van der Waals surface area (Å²) >= 11 is 1.36. The minimum absolute atomic E-state index is 0.0133. The molecular weight excluding hydrogens is 250 g/mol. The molecule has 1 atom stereocenters. The van der Waals surface area contributed by atoms with Gasteiger partial charge in [0.05, 0.1) is 4.88 Å². The summed E-state index contributed by atoms with van der Waals surface area (Å²) in [5, 5.41) is 10.4. The third kappa shape index (κ3) is 2.79. The van der Waals surface area contributed by atoms with Crippen molar-refractivity contribution in [2.24, 2.45) is 5.92 Å². The molecule has 96 valence electrons. The zero-order chi connectivity index (χ0) is 13.1. The predicted molar refractivity (Wildman–Crippen MR) is 70.7 cm³/mol. The quantitative estimate of drug-likeness (QED) is 0.853. The number of likely N-dealkylation sites (tertiary alicyclic amines) is 1. The predicted octanol–water partition coefficient (Wildman–Crippen LogP) is 2.33. The highest BCUT2D eigenvalue weighted by atomic mass is 32.1. The van der Waals surface area contributed by atoms with Gasteiger partial charge in [-0.15, -0.1) is 11.3 Å². The molecule has 1 N–H and O–H groups in total. The Morgan fingerprint density at radius 3 is 2.94 bits per heavy atom. The Kier molecular flexibility index (Phi) is 3.81. The normalized spacial score (nSPS) is 19.6. The second-order valence-corrected chi connectivity index (χ2v) is 5.44. The monoisotopic (exact) mass is 265 g/mol. The van der Waals surface area contributed by atoms with Gasteiger partial charge in [-0.1, -0.05) is 6.92 Å². The van der Waals surface area contributed by atoms with Crippen molar-refractivity contribution in [2.45, 2.75) is 13.3 Å². The lowest BCUT2D eigenvalue weighted by Gasteiger charge is -2.15. The summed E-state index contributed by atoms with van der Waals surface area (Å²) in [6.45, 7) is 3.71. The summed E-state index contributed by atoms with van der Waals surface area (Å²) in [6.07, 6.45) is 3.58. The smallest absolute Gasteiger partial charge is 0.328 e. The standard InChI is InChI=1S/C13H15NO3S/c1-9-4-6-14(8-9)13(17)12-10(5-7-18-12)2-3-11(15)16/h2-3,5,7,9H,4,6,8H2,1H3,(H,15,16). The zero-order valence-electron chi connectivity index (χ0n) is 10.1. The molecule has 0 bridgehead atoms. The van der Waals surface area contributed by atoms with Crippen LogP contribution in [0.1, 0.15) is 28.6 Å². The molecule has 1 aliphatic heterocycles. The molecule has 1 aromatic rings. The van der Waals surface area contributed by atoms with Crippen LogP contribution >= 0.6 is 11.3 Å². The number of rotatable bonds is 3. The topological polar surface area (TPSA) is 57.6 Å². The lowest BCUT2D eigenvalue weighted by Crippen LogP contribution is -2.28. The molecule has 1 amide bonds. The van der Waals surface area contributed by atoms with E-state index in [1.54, 1.807) is 6.07 Å². The number of nitrogens with zero attached hydrogens (tertiary/aromatic N) is 1. The lowest BCUT2D eigenvalue weighted by molar-refractivity contribution is -0.131. The van der Waals surface area contributed by atoms with Gasteiger partial charge < -0.3 is 10.0 Å². The zero-order valence-corrected chi connectivity index (χ0v) is 10.9. The Balaban J connectivity index is 2.16. The number of hydrogen-bond acceptors (Lipinski definition) is 3. The van der Waals surface area contributed by atoms with Crippen molar-refractivity contribution >= 4 is 29.3 Å². The number of thiophene rings is 1. The van der Waals surface area contributed by atoms with Crippen molar-refractivity contribution in [2.75, 3.05) is 13.1 Å². The highest BCUT2D eigenvalue weighted by molar-refractivity contribution is 7.12. The van der Waals surface area contributed by atoms with Crippen LogP contribution in [0.15, 0.2) is 17.5 Å². The molecule has 2 heterocycles. The molecule has 1 aromatic heterocycles. The molecule has 0 saturated carbocycles. The summed E-state index contributed by atoms with van der Waals surface area (Å²) in [5.41, 5.74) is 0.687. The molecule has 0 aromatic carbocycles. The fourth-order valence-corrected chi connectivity index (χ4v) is 2.90. The van der Waals surface area contributed by atoms with E-state index in [-0.39, 0.29) is 5.91 Å². The molecule has 4 nitrogen and oxygen atoms in total. The molecule has 1 saturated heterocycles. The van der Waals surface area contributed by atoms with Gasteiger partial charge in [-0.05, 0) is 35.4 Å². The largest absolute Gasteiger partial charge is 0.478 e. The van der Waals surface area contributed by atoms with E-state index < -0.39 is 5.97 Å². The minimum atomic E-state index is -1.01. The SMILES string of the molecule is CC1CCN(C(=O)c2sccc2C=CC(=O)O)C1. The number of carboxylic acid groups (broad SMARTS) is 1. The maximum absolute atomic E-state index is 12.3. The van der Waals surface area contributed by atoms with Gasteiger partial charge >= 0.3 is 5.97 Å². The van der Waals surface area contributed by atoms with Crippen molar-refractivity contribution < 1.29 is 14.7 Å². The van der Waals surface area contributed by atoms with Gasteiger partial charge in [-0.3, -0.25) is 4.79 Å². The summed E-state index contributed by atoms with van der Waals surface area (Å²) in [6, 6.07) is 1.77. The van der Waals surface area contributed by atoms with Crippen molar-refractivity contribution in [3.8, 4) is 0 Å². The second kappa shape index (κ2) is 5.35. The molecule has 1 unspecified atom stereocenters. The van der Waals surface area contributed by atoms with Crippen LogP contribution in [0.2, 0.25) is 0 Å².